The summed E-state index contributed by atoms with van der Waals surface area (Å²) in [6, 6.07) is 9.33. The van der Waals surface area contributed by atoms with Crippen molar-refractivity contribution in [1.29, 1.82) is 5.26 Å². The molecule has 0 spiro atoms. The van der Waals surface area contributed by atoms with E-state index in [1.807, 2.05) is 12.1 Å². The highest BCUT2D eigenvalue weighted by Gasteiger charge is 2.19. The molecule has 3 aromatic rings. The Labute approximate surface area is 156 Å². The highest BCUT2D eigenvalue weighted by atomic mass is 32.1. The number of ether oxygens (including phenoxy) is 1. The van der Waals surface area contributed by atoms with Gasteiger partial charge in [-0.2, -0.15) is 10.2 Å². The van der Waals surface area contributed by atoms with Crippen molar-refractivity contribution >= 4 is 21.6 Å². The van der Waals surface area contributed by atoms with E-state index >= 15 is 0 Å². The standard InChI is InChI=1S/C20H20N4OS/c1-13-14(2)26-20-18(13)19(25-16-7-5-6-15(10-16)11-21)22-17(23-20)12-24-8-3-4-9-24/h5-7,10H,3-4,8-9,12H2,1-2H3. The van der Waals surface area contributed by atoms with Gasteiger partial charge in [0.25, 0.3) is 0 Å². The first-order chi connectivity index (χ1) is 12.6. The molecule has 26 heavy (non-hydrogen) atoms. The lowest BCUT2D eigenvalue weighted by atomic mass is 10.2. The average Bonchev–Trinajstić information content (AvgIpc) is 3.23. The zero-order valence-electron chi connectivity index (χ0n) is 15.0. The number of benzene rings is 1. The van der Waals surface area contributed by atoms with Crippen LogP contribution in [0.3, 0.4) is 0 Å². The van der Waals surface area contributed by atoms with Crippen molar-refractivity contribution < 1.29 is 4.74 Å². The zero-order chi connectivity index (χ0) is 18.1. The van der Waals surface area contributed by atoms with Crippen LogP contribution in [0.5, 0.6) is 11.6 Å². The molecule has 0 bridgehead atoms. The summed E-state index contributed by atoms with van der Waals surface area (Å²) >= 11 is 1.68. The summed E-state index contributed by atoms with van der Waals surface area (Å²) in [5, 5.41) is 10.1. The van der Waals surface area contributed by atoms with Gasteiger partial charge in [-0.15, -0.1) is 11.3 Å². The van der Waals surface area contributed by atoms with Crippen LogP contribution < -0.4 is 4.74 Å². The molecular formula is C20H20N4OS. The van der Waals surface area contributed by atoms with Gasteiger partial charge in [-0.1, -0.05) is 6.07 Å². The zero-order valence-corrected chi connectivity index (χ0v) is 15.8. The van der Waals surface area contributed by atoms with Gasteiger partial charge in [-0.05, 0) is 63.5 Å². The summed E-state index contributed by atoms with van der Waals surface area (Å²) in [5.41, 5.74) is 1.73. The van der Waals surface area contributed by atoms with Crippen molar-refractivity contribution in [3.63, 3.8) is 0 Å². The van der Waals surface area contributed by atoms with E-state index in [2.05, 4.69) is 24.8 Å². The Morgan fingerprint density at radius 2 is 2.04 bits per heavy atom. The second-order valence-corrected chi connectivity index (χ2v) is 7.84. The maximum absolute atomic E-state index is 9.12. The lowest BCUT2D eigenvalue weighted by Crippen LogP contribution is -2.20. The summed E-state index contributed by atoms with van der Waals surface area (Å²) in [5.74, 6) is 2.01. The van der Waals surface area contributed by atoms with Gasteiger partial charge >= 0.3 is 0 Å². The first-order valence-electron chi connectivity index (χ1n) is 8.81. The first kappa shape index (κ1) is 17.0. The Morgan fingerprint density at radius 1 is 1.23 bits per heavy atom. The number of hydrogen-bond acceptors (Lipinski definition) is 6. The highest BCUT2D eigenvalue weighted by molar-refractivity contribution is 7.18. The number of aryl methyl sites for hydroxylation is 2. The van der Waals surface area contributed by atoms with Crippen LogP contribution in [-0.4, -0.2) is 28.0 Å². The molecule has 0 aliphatic carbocycles. The lowest BCUT2D eigenvalue weighted by Gasteiger charge is -2.14. The monoisotopic (exact) mass is 364 g/mol. The van der Waals surface area contributed by atoms with Crippen molar-refractivity contribution in [3.05, 3.63) is 46.1 Å². The third-order valence-corrected chi connectivity index (χ3v) is 5.88. The Morgan fingerprint density at radius 3 is 2.81 bits per heavy atom. The fraction of sp³-hybridized carbons (Fsp3) is 0.350. The number of nitrogens with zero attached hydrogens (tertiary/aromatic N) is 4. The molecule has 0 atom stereocenters. The quantitative estimate of drug-likeness (QED) is 0.679. The molecule has 1 aromatic carbocycles. The molecule has 0 radical (unpaired) electrons. The molecule has 1 saturated heterocycles. The number of nitriles is 1. The van der Waals surface area contributed by atoms with E-state index in [4.69, 9.17) is 20.0 Å². The first-order valence-corrected chi connectivity index (χ1v) is 9.62. The predicted molar refractivity (Wildman–Crippen MR) is 103 cm³/mol. The van der Waals surface area contributed by atoms with E-state index in [9.17, 15) is 0 Å². The molecule has 1 fully saturated rings. The minimum absolute atomic E-state index is 0.573. The van der Waals surface area contributed by atoms with Crippen LogP contribution in [0.2, 0.25) is 0 Å². The fourth-order valence-corrected chi connectivity index (χ4v) is 4.32. The molecule has 6 heteroatoms. The van der Waals surface area contributed by atoms with Gasteiger partial charge in [0, 0.05) is 4.88 Å². The van der Waals surface area contributed by atoms with Crippen LogP contribution in [0, 0.1) is 25.2 Å². The van der Waals surface area contributed by atoms with Crippen molar-refractivity contribution in [2.45, 2.75) is 33.2 Å². The molecule has 0 unspecified atom stereocenters. The minimum atomic E-state index is 0.573. The van der Waals surface area contributed by atoms with Crippen molar-refractivity contribution in [1.82, 2.24) is 14.9 Å². The molecule has 1 aliphatic heterocycles. The largest absolute Gasteiger partial charge is 0.438 e. The Kier molecular flexibility index (Phi) is 4.58. The van der Waals surface area contributed by atoms with Crippen molar-refractivity contribution in [2.24, 2.45) is 0 Å². The van der Waals surface area contributed by atoms with Gasteiger partial charge in [-0.3, -0.25) is 4.90 Å². The molecule has 0 saturated carbocycles. The van der Waals surface area contributed by atoms with Crippen LogP contribution in [0.25, 0.3) is 10.2 Å². The molecule has 0 amide bonds. The van der Waals surface area contributed by atoms with Crippen LogP contribution in [0.1, 0.15) is 34.7 Å². The van der Waals surface area contributed by atoms with E-state index in [0.717, 1.165) is 41.2 Å². The average molecular weight is 364 g/mol. The normalized spacial score (nSPS) is 14.7. The summed E-state index contributed by atoms with van der Waals surface area (Å²) in [4.78, 5) is 14.1. The predicted octanol–water partition coefficient (Wildman–Crippen LogP) is 4.57. The summed E-state index contributed by atoms with van der Waals surface area (Å²) < 4.78 is 6.12. The number of likely N-dealkylation sites (tertiary alicyclic amines) is 1. The molecule has 0 N–H and O–H groups in total. The summed E-state index contributed by atoms with van der Waals surface area (Å²) in [6.45, 7) is 7.13. The Bertz CT molecular complexity index is 999. The SMILES string of the molecule is Cc1sc2nc(CN3CCCC3)nc(Oc3cccc(C#N)c3)c2c1C. The number of fused-ring (bicyclic) bond motifs is 1. The van der Waals surface area contributed by atoms with E-state index in [-0.39, 0.29) is 0 Å². The lowest BCUT2D eigenvalue weighted by molar-refractivity contribution is 0.321. The number of thiophene rings is 1. The minimum Gasteiger partial charge on any atom is -0.438 e. The van der Waals surface area contributed by atoms with Crippen LogP contribution in [-0.2, 0) is 6.54 Å². The van der Waals surface area contributed by atoms with Crippen LogP contribution >= 0.6 is 11.3 Å². The van der Waals surface area contributed by atoms with E-state index in [0.29, 0.717) is 17.2 Å². The molecule has 5 nitrogen and oxygen atoms in total. The smallest absolute Gasteiger partial charge is 0.231 e. The summed E-state index contributed by atoms with van der Waals surface area (Å²) in [7, 11) is 0. The van der Waals surface area contributed by atoms with Gasteiger partial charge < -0.3 is 4.74 Å². The fourth-order valence-electron chi connectivity index (χ4n) is 3.28. The topological polar surface area (TPSA) is 62.0 Å². The number of hydrogen-bond donors (Lipinski definition) is 0. The van der Waals surface area contributed by atoms with Gasteiger partial charge in [0.1, 0.15) is 16.4 Å². The van der Waals surface area contributed by atoms with Gasteiger partial charge in [-0.25, -0.2) is 4.98 Å². The Hall–Kier alpha value is -2.49. The summed E-state index contributed by atoms with van der Waals surface area (Å²) in [6.07, 6.45) is 2.48. The van der Waals surface area contributed by atoms with Gasteiger partial charge in [0.15, 0.2) is 0 Å². The molecule has 2 aromatic heterocycles. The van der Waals surface area contributed by atoms with Crippen molar-refractivity contribution in [2.75, 3.05) is 13.1 Å². The van der Waals surface area contributed by atoms with Crippen LogP contribution in [0.15, 0.2) is 24.3 Å². The van der Waals surface area contributed by atoms with Gasteiger partial charge in [0.2, 0.25) is 5.88 Å². The Balaban J connectivity index is 1.75. The number of aromatic nitrogens is 2. The molecule has 4 rings (SSSR count). The van der Waals surface area contributed by atoms with Crippen molar-refractivity contribution in [3.8, 4) is 17.7 Å². The van der Waals surface area contributed by atoms with E-state index < -0.39 is 0 Å². The second-order valence-electron chi connectivity index (χ2n) is 6.63. The molecular weight excluding hydrogens is 344 g/mol. The maximum Gasteiger partial charge on any atom is 0.231 e. The highest BCUT2D eigenvalue weighted by Crippen LogP contribution is 2.36. The third kappa shape index (κ3) is 3.28. The number of rotatable bonds is 4. The molecule has 3 heterocycles. The van der Waals surface area contributed by atoms with E-state index in [1.165, 1.54) is 17.7 Å². The third-order valence-electron chi connectivity index (χ3n) is 4.78. The van der Waals surface area contributed by atoms with E-state index in [1.54, 1.807) is 23.5 Å². The van der Waals surface area contributed by atoms with Gasteiger partial charge in [0.05, 0.1) is 23.6 Å². The van der Waals surface area contributed by atoms with Crippen LogP contribution in [0.4, 0.5) is 0 Å². The molecule has 132 valence electrons. The second kappa shape index (κ2) is 7.02. The maximum atomic E-state index is 9.12. The molecule has 1 aliphatic rings.